The molecule has 2 aromatic carbocycles. The summed E-state index contributed by atoms with van der Waals surface area (Å²) < 4.78 is 11.3. The molecule has 0 saturated heterocycles. The van der Waals surface area contributed by atoms with E-state index in [-0.39, 0.29) is 24.1 Å². The quantitative estimate of drug-likeness (QED) is 0.596. The summed E-state index contributed by atoms with van der Waals surface area (Å²) in [5.41, 5.74) is 3.10. The summed E-state index contributed by atoms with van der Waals surface area (Å²) in [7, 11) is 0. The Morgan fingerprint density at radius 2 is 1.19 bits per heavy atom. The molecule has 0 aliphatic heterocycles. The maximum Gasteiger partial charge on any atom is 0.338 e. The molecule has 0 N–H and O–H groups in total. The summed E-state index contributed by atoms with van der Waals surface area (Å²) >= 11 is 0. The number of aryl methyl sites for hydroxylation is 2. The Balaban J connectivity index is 1.98. The molecular formula is C23H28O4. The molecule has 27 heavy (non-hydrogen) atoms. The van der Waals surface area contributed by atoms with Crippen molar-refractivity contribution in [3.05, 3.63) is 70.8 Å². The van der Waals surface area contributed by atoms with Crippen LogP contribution in [0, 0.1) is 13.8 Å². The fraction of sp³-hybridized carbons (Fsp3) is 0.391. The van der Waals surface area contributed by atoms with Crippen molar-refractivity contribution in [3.8, 4) is 0 Å². The van der Waals surface area contributed by atoms with Crippen LogP contribution in [0.1, 0.15) is 65.0 Å². The van der Waals surface area contributed by atoms with Gasteiger partial charge in [0.1, 0.15) is 12.2 Å². The summed E-state index contributed by atoms with van der Waals surface area (Å²) in [6, 6.07) is 14.7. The minimum absolute atomic E-state index is 0.298. The monoisotopic (exact) mass is 368 g/mol. The van der Waals surface area contributed by atoms with Crippen molar-refractivity contribution >= 4 is 11.9 Å². The molecule has 0 amide bonds. The summed E-state index contributed by atoms with van der Waals surface area (Å²) in [6.07, 6.45) is 1.22. The van der Waals surface area contributed by atoms with E-state index >= 15 is 0 Å². The molecule has 0 fully saturated rings. The lowest BCUT2D eigenvalue weighted by Crippen LogP contribution is -2.27. The van der Waals surface area contributed by atoms with Crippen LogP contribution >= 0.6 is 0 Å². The molecule has 2 atom stereocenters. The van der Waals surface area contributed by atoms with Crippen LogP contribution in [0.2, 0.25) is 0 Å². The number of hydrogen-bond donors (Lipinski definition) is 0. The van der Waals surface area contributed by atoms with E-state index in [0.29, 0.717) is 30.4 Å². The number of rotatable bonds is 8. The normalized spacial score (nSPS) is 12.9. The fourth-order valence-corrected chi connectivity index (χ4v) is 2.87. The van der Waals surface area contributed by atoms with Gasteiger partial charge < -0.3 is 9.47 Å². The third-order valence-electron chi connectivity index (χ3n) is 4.49. The zero-order valence-electron chi connectivity index (χ0n) is 16.5. The molecule has 0 bridgehead atoms. The molecule has 144 valence electrons. The van der Waals surface area contributed by atoms with E-state index in [1.54, 1.807) is 12.1 Å². The van der Waals surface area contributed by atoms with Crippen molar-refractivity contribution in [3.63, 3.8) is 0 Å². The van der Waals surface area contributed by atoms with E-state index in [1.807, 2.05) is 64.1 Å². The first kappa shape index (κ1) is 20.7. The van der Waals surface area contributed by atoms with Gasteiger partial charge in [-0.2, -0.15) is 0 Å². The van der Waals surface area contributed by atoms with Crippen molar-refractivity contribution in [2.24, 2.45) is 0 Å². The average Bonchev–Trinajstić information content (AvgIpc) is 2.66. The second kappa shape index (κ2) is 9.91. The first-order valence-electron chi connectivity index (χ1n) is 9.48. The van der Waals surface area contributed by atoms with E-state index in [2.05, 4.69) is 0 Å². The molecule has 0 radical (unpaired) electrons. The van der Waals surface area contributed by atoms with Gasteiger partial charge in [-0.15, -0.1) is 0 Å². The van der Waals surface area contributed by atoms with Gasteiger partial charge in [0.2, 0.25) is 0 Å². The molecule has 2 rings (SSSR count). The van der Waals surface area contributed by atoms with Gasteiger partial charge in [0.25, 0.3) is 0 Å². The zero-order valence-corrected chi connectivity index (χ0v) is 16.5. The van der Waals surface area contributed by atoms with Gasteiger partial charge >= 0.3 is 11.9 Å². The number of esters is 2. The van der Waals surface area contributed by atoms with Gasteiger partial charge in [-0.1, -0.05) is 49.2 Å². The predicted molar refractivity (Wildman–Crippen MR) is 106 cm³/mol. The number of hydrogen-bond acceptors (Lipinski definition) is 4. The Morgan fingerprint density at radius 1 is 0.778 bits per heavy atom. The van der Waals surface area contributed by atoms with Gasteiger partial charge in [0.15, 0.2) is 0 Å². The van der Waals surface area contributed by atoms with Crippen LogP contribution in [0.15, 0.2) is 48.5 Å². The highest BCUT2D eigenvalue weighted by Crippen LogP contribution is 2.17. The Hall–Kier alpha value is -2.62. The topological polar surface area (TPSA) is 52.6 Å². The number of carbonyl (C=O) groups excluding carboxylic acids is 2. The molecule has 0 heterocycles. The van der Waals surface area contributed by atoms with Crippen LogP contribution < -0.4 is 0 Å². The number of ether oxygens (including phenoxy) is 2. The summed E-state index contributed by atoms with van der Waals surface area (Å²) in [5, 5.41) is 0. The average molecular weight is 368 g/mol. The molecule has 2 unspecified atom stereocenters. The van der Waals surface area contributed by atoms with Crippen LogP contribution in [0.3, 0.4) is 0 Å². The van der Waals surface area contributed by atoms with Crippen molar-refractivity contribution in [2.45, 2.75) is 59.2 Å². The third-order valence-corrected chi connectivity index (χ3v) is 4.49. The van der Waals surface area contributed by atoms with Gasteiger partial charge in [0.05, 0.1) is 11.1 Å². The molecule has 0 spiro atoms. The highest BCUT2D eigenvalue weighted by Gasteiger charge is 2.22. The second-order valence-corrected chi connectivity index (χ2v) is 6.85. The molecule has 0 saturated carbocycles. The summed E-state index contributed by atoms with van der Waals surface area (Å²) in [4.78, 5) is 24.8. The first-order valence-corrected chi connectivity index (χ1v) is 9.48. The SMILES string of the molecule is CCC(CC(CC)OC(=O)c1cccc(C)c1)OC(=O)c1cccc(C)c1. The molecule has 0 aliphatic carbocycles. The smallest absolute Gasteiger partial charge is 0.338 e. The zero-order chi connectivity index (χ0) is 19.8. The highest BCUT2D eigenvalue weighted by atomic mass is 16.6. The Bertz CT molecular complexity index is 716. The minimum atomic E-state index is -0.342. The molecule has 2 aromatic rings. The number of benzene rings is 2. The third kappa shape index (κ3) is 6.24. The number of carbonyl (C=O) groups is 2. The van der Waals surface area contributed by atoms with Crippen LogP contribution in [-0.2, 0) is 9.47 Å². The Kier molecular flexibility index (Phi) is 7.59. The highest BCUT2D eigenvalue weighted by molar-refractivity contribution is 5.90. The van der Waals surface area contributed by atoms with E-state index in [9.17, 15) is 9.59 Å². The van der Waals surface area contributed by atoms with Gasteiger partial charge in [0, 0.05) is 6.42 Å². The van der Waals surface area contributed by atoms with E-state index < -0.39 is 0 Å². The lowest BCUT2D eigenvalue weighted by Gasteiger charge is -2.22. The van der Waals surface area contributed by atoms with E-state index in [4.69, 9.17) is 9.47 Å². The van der Waals surface area contributed by atoms with Crippen molar-refractivity contribution < 1.29 is 19.1 Å². The van der Waals surface area contributed by atoms with Crippen LogP contribution in [-0.4, -0.2) is 24.1 Å². The van der Waals surface area contributed by atoms with E-state index in [1.165, 1.54) is 0 Å². The van der Waals surface area contributed by atoms with Gasteiger partial charge in [-0.25, -0.2) is 9.59 Å². The maximum atomic E-state index is 12.4. The minimum Gasteiger partial charge on any atom is -0.459 e. The summed E-state index contributed by atoms with van der Waals surface area (Å²) in [5.74, 6) is -0.684. The van der Waals surface area contributed by atoms with Crippen molar-refractivity contribution in [2.75, 3.05) is 0 Å². The molecule has 4 nitrogen and oxygen atoms in total. The largest absolute Gasteiger partial charge is 0.459 e. The van der Waals surface area contributed by atoms with Crippen LogP contribution in [0.5, 0.6) is 0 Å². The summed E-state index contributed by atoms with van der Waals surface area (Å²) in [6.45, 7) is 7.80. The fourth-order valence-electron chi connectivity index (χ4n) is 2.87. The molecular weight excluding hydrogens is 340 g/mol. The predicted octanol–water partition coefficient (Wildman–Crippen LogP) is 5.26. The first-order chi connectivity index (χ1) is 12.9. The van der Waals surface area contributed by atoms with Crippen molar-refractivity contribution in [1.29, 1.82) is 0 Å². The van der Waals surface area contributed by atoms with Crippen LogP contribution in [0.25, 0.3) is 0 Å². The van der Waals surface area contributed by atoms with Gasteiger partial charge in [-0.3, -0.25) is 0 Å². The lowest BCUT2D eigenvalue weighted by molar-refractivity contribution is -0.00189. The van der Waals surface area contributed by atoms with Crippen molar-refractivity contribution in [1.82, 2.24) is 0 Å². The molecule has 0 aliphatic rings. The van der Waals surface area contributed by atoms with Gasteiger partial charge in [-0.05, 0) is 51.0 Å². The molecule has 0 aromatic heterocycles. The lowest BCUT2D eigenvalue weighted by atomic mass is 10.1. The Labute approximate surface area is 161 Å². The van der Waals surface area contributed by atoms with E-state index in [0.717, 1.165) is 11.1 Å². The standard InChI is InChI=1S/C23H28O4/c1-5-20(26-22(24)18-11-7-9-16(3)13-18)15-21(6-2)27-23(25)19-12-8-10-17(4)14-19/h7-14,20-21H,5-6,15H2,1-4H3. The van der Waals surface area contributed by atoms with Crippen LogP contribution in [0.4, 0.5) is 0 Å². The second-order valence-electron chi connectivity index (χ2n) is 6.85. The maximum absolute atomic E-state index is 12.4. The Morgan fingerprint density at radius 3 is 1.52 bits per heavy atom. The molecule has 4 heteroatoms.